The van der Waals surface area contributed by atoms with Crippen LogP contribution in [0.25, 0.3) is 0 Å². The number of amides is 1. The van der Waals surface area contributed by atoms with Gasteiger partial charge in [-0.2, -0.15) is 0 Å². The number of nitrogens with one attached hydrogen (secondary N) is 2. The van der Waals surface area contributed by atoms with Crippen LogP contribution in [0.5, 0.6) is 0 Å². The largest absolute Gasteiger partial charge is 0.350 e. The predicted molar refractivity (Wildman–Crippen MR) is 56.0 cm³/mol. The Morgan fingerprint density at radius 2 is 2.31 bits per heavy atom. The minimum Gasteiger partial charge on any atom is -0.350 e. The van der Waals surface area contributed by atoms with Gasteiger partial charge in [0.15, 0.2) is 0 Å². The fraction of sp³-hybridized carbons (Fsp3) is 0.857. The van der Waals surface area contributed by atoms with E-state index in [2.05, 4.69) is 10.6 Å². The van der Waals surface area contributed by atoms with Crippen molar-refractivity contribution in [3.05, 3.63) is 0 Å². The van der Waals surface area contributed by atoms with Gasteiger partial charge in [0.05, 0.1) is 6.04 Å². The minimum atomic E-state index is 0. The maximum atomic E-state index is 11.4. The van der Waals surface area contributed by atoms with Crippen molar-refractivity contribution in [3.8, 4) is 0 Å². The Balaban J connectivity index is 0.000000845. The van der Waals surface area contributed by atoms with E-state index >= 15 is 0 Å². The van der Waals surface area contributed by atoms with Gasteiger partial charge in [0.2, 0.25) is 5.91 Å². The number of halogens is 1. The van der Waals surface area contributed by atoms with Gasteiger partial charge in [-0.15, -0.1) is 24.2 Å². The highest BCUT2D eigenvalue weighted by Gasteiger charge is 2.36. The summed E-state index contributed by atoms with van der Waals surface area (Å²) in [5.41, 5.74) is 5.57. The summed E-state index contributed by atoms with van der Waals surface area (Å²) in [6.45, 7) is 0. The van der Waals surface area contributed by atoms with E-state index in [1.54, 1.807) is 11.8 Å². The highest BCUT2D eigenvalue weighted by Crippen LogP contribution is 2.18. The predicted octanol–water partition coefficient (Wildman–Crippen LogP) is -0.713. The van der Waals surface area contributed by atoms with E-state index in [1.807, 2.05) is 0 Å². The SMILES string of the molecule is Cl.NC1CC1NC(=O)C1CSCN1. The maximum Gasteiger partial charge on any atom is 0.238 e. The van der Waals surface area contributed by atoms with E-state index in [0.717, 1.165) is 18.1 Å². The average molecular weight is 224 g/mol. The minimum absolute atomic E-state index is 0. The van der Waals surface area contributed by atoms with E-state index in [4.69, 9.17) is 5.73 Å². The third-order valence-electron chi connectivity index (χ3n) is 2.20. The fourth-order valence-electron chi connectivity index (χ4n) is 1.23. The number of carbonyl (C=O) groups is 1. The van der Waals surface area contributed by atoms with Crippen LogP contribution in [0, 0.1) is 0 Å². The second kappa shape index (κ2) is 4.50. The quantitative estimate of drug-likeness (QED) is 0.579. The van der Waals surface area contributed by atoms with Gasteiger partial charge >= 0.3 is 0 Å². The lowest BCUT2D eigenvalue weighted by atomic mass is 10.3. The molecule has 0 aromatic carbocycles. The molecule has 1 saturated carbocycles. The van der Waals surface area contributed by atoms with Crippen molar-refractivity contribution in [3.63, 3.8) is 0 Å². The first-order valence-corrected chi connectivity index (χ1v) is 5.30. The summed E-state index contributed by atoms with van der Waals surface area (Å²) in [6, 6.07) is 0.440. The molecule has 6 heteroatoms. The standard InChI is InChI=1S/C7H13N3OS.ClH/c8-4-1-5(4)10-7(11)6-2-12-3-9-6;/h4-6,9H,1-3,8H2,(H,10,11);1H. The highest BCUT2D eigenvalue weighted by atomic mass is 35.5. The number of rotatable bonds is 2. The normalized spacial score (nSPS) is 36.5. The van der Waals surface area contributed by atoms with Crippen LogP contribution < -0.4 is 16.4 Å². The first-order valence-electron chi connectivity index (χ1n) is 4.14. The van der Waals surface area contributed by atoms with Crippen LogP contribution in [0.1, 0.15) is 6.42 Å². The monoisotopic (exact) mass is 223 g/mol. The first kappa shape index (κ1) is 11.1. The van der Waals surface area contributed by atoms with Crippen molar-refractivity contribution in [1.29, 1.82) is 0 Å². The Morgan fingerprint density at radius 3 is 2.77 bits per heavy atom. The Labute approximate surface area is 87.8 Å². The molecule has 1 amide bonds. The van der Waals surface area contributed by atoms with E-state index in [9.17, 15) is 4.79 Å². The summed E-state index contributed by atoms with van der Waals surface area (Å²) >= 11 is 1.76. The van der Waals surface area contributed by atoms with Crippen molar-refractivity contribution in [2.24, 2.45) is 5.73 Å². The molecule has 0 bridgehead atoms. The molecule has 0 aromatic rings. The van der Waals surface area contributed by atoms with Crippen molar-refractivity contribution in [2.75, 3.05) is 11.6 Å². The van der Waals surface area contributed by atoms with Crippen molar-refractivity contribution in [1.82, 2.24) is 10.6 Å². The number of thioether (sulfide) groups is 1. The van der Waals surface area contributed by atoms with E-state index in [-0.39, 0.29) is 36.4 Å². The van der Waals surface area contributed by atoms with Crippen LogP contribution in [-0.4, -0.2) is 35.7 Å². The first-order chi connectivity index (χ1) is 5.77. The lowest BCUT2D eigenvalue weighted by molar-refractivity contribution is -0.122. The fourth-order valence-corrected chi connectivity index (χ4v) is 2.17. The van der Waals surface area contributed by atoms with Crippen molar-refractivity contribution in [2.45, 2.75) is 24.5 Å². The molecular formula is C7H14ClN3OS. The lowest BCUT2D eigenvalue weighted by Gasteiger charge is -2.09. The Hall–Kier alpha value is 0.0300. The summed E-state index contributed by atoms with van der Waals surface area (Å²) in [4.78, 5) is 11.4. The van der Waals surface area contributed by atoms with Gasteiger partial charge in [0, 0.05) is 23.7 Å². The van der Waals surface area contributed by atoms with Crippen LogP contribution in [0.4, 0.5) is 0 Å². The van der Waals surface area contributed by atoms with Gasteiger partial charge in [0.25, 0.3) is 0 Å². The van der Waals surface area contributed by atoms with Gasteiger partial charge in [-0.05, 0) is 6.42 Å². The molecule has 4 nitrogen and oxygen atoms in total. The zero-order valence-corrected chi connectivity index (χ0v) is 8.79. The molecule has 1 aliphatic heterocycles. The van der Waals surface area contributed by atoms with Gasteiger partial charge in [-0.3, -0.25) is 10.1 Å². The van der Waals surface area contributed by atoms with Gasteiger partial charge in [0.1, 0.15) is 0 Å². The number of hydrogen-bond donors (Lipinski definition) is 3. The lowest BCUT2D eigenvalue weighted by Crippen LogP contribution is -2.44. The Morgan fingerprint density at radius 1 is 1.62 bits per heavy atom. The van der Waals surface area contributed by atoms with Crippen LogP contribution in [-0.2, 0) is 4.79 Å². The van der Waals surface area contributed by atoms with Crippen LogP contribution >= 0.6 is 24.2 Å². The summed E-state index contributed by atoms with van der Waals surface area (Å²) in [7, 11) is 0. The molecule has 76 valence electrons. The zero-order chi connectivity index (χ0) is 8.55. The van der Waals surface area contributed by atoms with Gasteiger partial charge in [-0.25, -0.2) is 0 Å². The maximum absolute atomic E-state index is 11.4. The summed E-state index contributed by atoms with van der Waals surface area (Å²) in [5, 5.41) is 6.02. The summed E-state index contributed by atoms with van der Waals surface area (Å²) < 4.78 is 0. The molecule has 0 radical (unpaired) electrons. The molecule has 2 rings (SSSR count). The zero-order valence-electron chi connectivity index (χ0n) is 7.16. The summed E-state index contributed by atoms with van der Waals surface area (Å²) in [5.74, 6) is 1.88. The second-order valence-electron chi connectivity index (χ2n) is 3.29. The van der Waals surface area contributed by atoms with E-state index in [0.29, 0.717) is 0 Å². The third-order valence-corrected chi connectivity index (χ3v) is 3.14. The Kier molecular flexibility index (Phi) is 3.85. The summed E-state index contributed by atoms with van der Waals surface area (Å²) in [6.07, 6.45) is 0.936. The van der Waals surface area contributed by atoms with Crippen LogP contribution in [0.3, 0.4) is 0 Å². The number of nitrogens with two attached hydrogens (primary N) is 1. The van der Waals surface area contributed by atoms with Crippen molar-refractivity contribution >= 4 is 30.1 Å². The molecule has 1 heterocycles. The molecule has 13 heavy (non-hydrogen) atoms. The average Bonchev–Trinajstić information content (AvgIpc) is 2.58. The molecule has 3 atom stereocenters. The van der Waals surface area contributed by atoms with Gasteiger partial charge < -0.3 is 11.1 Å². The smallest absolute Gasteiger partial charge is 0.238 e. The molecule has 3 unspecified atom stereocenters. The topological polar surface area (TPSA) is 67.1 Å². The molecule has 2 fully saturated rings. The van der Waals surface area contributed by atoms with Crippen LogP contribution in [0.2, 0.25) is 0 Å². The molecular weight excluding hydrogens is 210 g/mol. The number of carbonyl (C=O) groups excluding carboxylic acids is 1. The molecule has 4 N–H and O–H groups in total. The van der Waals surface area contributed by atoms with E-state index in [1.165, 1.54) is 0 Å². The highest BCUT2D eigenvalue weighted by molar-refractivity contribution is 7.99. The molecule has 0 aromatic heterocycles. The molecule has 1 aliphatic carbocycles. The van der Waals surface area contributed by atoms with Crippen LogP contribution in [0.15, 0.2) is 0 Å². The second-order valence-corrected chi connectivity index (χ2v) is 4.32. The van der Waals surface area contributed by atoms with Crippen molar-refractivity contribution < 1.29 is 4.79 Å². The van der Waals surface area contributed by atoms with Gasteiger partial charge in [-0.1, -0.05) is 0 Å². The van der Waals surface area contributed by atoms with E-state index < -0.39 is 0 Å². The number of hydrogen-bond acceptors (Lipinski definition) is 4. The molecule has 2 aliphatic rings. The third kappa shape index (κ3) is 2.74. The molecule has 0 spiro atoms. The molecule has 1 saturated heterocycles. The Bertz CT molecular complexity index is 198.